The third-order valence-corrected chi connectivity index (χ3v) is 3.53. The van der Waals surface area contributed by atoms with E-state index in [2.05, 4.69) is 30.4 Å². The number of hydrogen-bond acceptors (Lipinski definition) is 1. The molecule has 19 heavy (non-hydrogen) atoms. The Labute approximate surface area is 113 Å². The molecule has 1 amide bonds. The van der Waals surface area contributed by atoms with Crippen molar-refractivity contribution in [2.24, 2.45) is 5.92 Å². The van der Waals surface area contributed by atoms with Crippen molar-refractivity contribution >= 4 is 11.6 Å². The normalized spacial score (nSPS) is 14.2. The highest BCUT2D eigenvalue weighted by atomic mass is 16.2. The van der Waals surface area contributed by atoms with E-state index in [0.717, 1.165) is 24.1 Å². The minimum atomic E-state index is 0.155. The standard InChI is InChI=1S/C17H17NO/c1-12-5-2-3-8-16(12)14-6-4-7-15(11-14)18-17(19)13-9-10-13/h2-8,11,13H,9-10H2,1H3,(H,18,19). The maximum atomic E-state index is 11.8. The molecule has 0 spiro atoms. The number of carbonyl (C=O) groups excluding carboxylic acids is 1. The van der Waals surface area contributed by atoms with Crippen LogP contribution in [0.3, 0.4) is 0 Å². The summed E-state index contributed by atoms with van der Waals surface area (Å²) in [7, 11) is 0. The molecule has 1 fully saturated rings. The first-order chi connectivity index (χ1) is 9.24. The fourth-order valence-corrected chi connectivity index (χ4v) is 2.25. The number of nitrogens with one attached hydrogen (secondary N) is 1. The number of carbonyl (C=O) groups is 1. The number of benzene rings is 2. The number of hydrogen-bond donors (Lipinski definition) is 1. The highest BCUT2D eigenvalue weighted by molar-refractivity contribution is 5.94. The Morgan fingerprint density at radius 1 is 1.11 bits per heavy atom. The van der Waals surface area contributed by atoms with Gasteiger partial charge in [-0.05, 0) is 48.6 Å². The van der Waals surface area contributed by atoms with Crippen molar-refractivity contribution in [2.75, 3.05) is 5.32 Å². The quantitative estimate of drug-likeness (QED) is 0.877. The predicted molar refractivity (Wildman–Crippen MR) is 78.0 cm³/mol. The van der Waals surface area contributed by atoms with E-state index in [-0.39, 0.29) is 11.8 Å². The molecule has 2 heteroatoms. The van der Waals surface area contributed by atoms with Gasteiger partial charge >= 0.3 is 0 Å². The van der Waals surface area contributed by atoms with Crippen molar-refractivity contribution < 1.29 is 4.79 Å². The van der Waals surface area contributed by atoms with Crippen LogP contribution >= 0.6 is 0 Å². The predicted octanol–water partition coefficient (Wildman–Crippen LogP) is 4.01. The zero-order chi connectivity index (χ0) is 13.2. The van der Waals surface area contributed by atoms with Gasteiger partial charge in [0, 0.05) is 11.6 Å². The van der Waals surface area contributed by atoms with Crippen molar-refractivity contribution in [1.29, 1.82) is 0 Å². The van der Waals surface area contributed by atoms with Gasteiger partial charge in [0.1, 0.15) is 0 Å². The molecule has 0 saturated heterocycles. The van der Waals surface area contributed by atoms with E-state index in [1.807, 2.05) is 30.3 Å². The molecule has 0 aromatic heterocycles. The van der Waals surface area contributed by atoms with Gasteiger partial charge < -0.3 is 5.32 Å². The Bertz CT molecular complexity index is 614. The smallest absolute Gasteiger partial charge is 0.227 e. The van der Waals surface area contributed by atoms with E-state index in [9.17, 15) is 4.79 Å². The van der Waals surface area contributed by atoms with Crippen LogP contribution in [0.5, 0.6) is 0 Å². The third kappa shape index (κ3) is 2.68. The largest absolute Gasteiger partial charge is 0.326 e. The molecule has 1 saturated carbocycles. The fraction of sp³-hybridized carbons (Fsp3) is 0.235. The molecule has 0 heterocycles. The summed E-state index contributed by atoms with van der Waals surface area (Å²) in [5.74, 6) is 0.393. The second-order valence-electron chi connectivity index (χ2n) is 5.16. The number of amides is 1. The van der Waals surface area contributed by atoms with Gasteiger partial charge in [-0.1, -0.05) is 36.4 Å². The van der Waals surface area contributed by atoms with Crippen LogP contribution in [-0.4, -0.2) is 5.91 Å². The lowest BCUT2D eigenvalue weighted by atomic mass is 10.0. The summed E-state index contributed by atoms with van der Waals surface area (Å²) in [6, 6.07) is 16.3. The van der Waals surface area contributed by atoms with Crippen molar-refractivity contribution in [3.8, 4) is 11.1 Å². The highest BCUT2D eigenvalue weighted by Crippen LogP contribution is 2.31. The Morgan fingerprint density at radius 2 is 1.89 bits per heavy atom. The van der Waals surface area contributed by atoms with E-state index >= 15 is 0 Å². The van der Waals surface area contributed by atoms with Gasteiger partial charge in [0.2, 0.25) is 5.91 Å². The molecule has 0 bridgehead atoms. The first-order valence-electron chi connectivity index (χ1n) is 6.71. The summed E-state index contributed by atoms with van der Waals surface area (Å²) in [5, 5.41) is 2.99. The van der Waals surface area contributed by atoms with Gasteiger partial charge in [0.25, 0.3) is 0 Å². The van der Waals surface area contributed by atoms with Crippen LogP contribution in [0.4, 0.5) is 5.69 Å². The average molecular weight is 251 g/mol. The Hall–Kier alpha value is -2.09. The van der Waals surface area contributed by atoms with Gasteiger partial charge in [0.15, 0.2) is 0 Å². The molecule has 3 rings (SSSR count). The molecular formula is C17H17NO. The molecule has 0 atom stereocenters. The van der Waals surface area contributed by atoms with E-state index in [4.69, 9.17) is 0 Å². The van der Waals surface area contributed by atoms with Gasteiger partial charge in [-0.25, -0.2) is 0 Å². The van der Waals surface area contributed by atoms with Crippen molar-refractivity contribution in [3.05, 3.63) is 54.1 Å². The second-order valence-corrected chi connectivity index (χ2v) is 5.16. The SMILES string of the molecule is Cc1ccccc1-c1cccc(NC(=O)C2CC2)c1. The zero-order valence-corrected chi connectivity index (χ0v) is 11.0. The summed E-state index contributed by atoms with van der Waals surface area (Å²) in [4.78, 5) is 11.8. The minimum absolute atomic E-state index is 0.155. The molecule has 2 aromatic carbocycles. The molecular weight excluding hydrogens is 234 g/mol. The van der Waals surface area contributed by atoms with Gasteiger partial charge in [0.05, 0.1) is 0 Å². The van der Waals surface area contributed by atoms with Crippen LogP contribution in [-0.2, 0) is 4.79 Å². The van der Waals surface area contributed by atoms with E-state index in [1.54, 1.807) is 0 Å². The van der Waals surface area contributed by atoms with E-state index in [1.165, 1.54) is 11.1 Å². The minimum Gasteiger partial charge on any atom is -0.326 e. The second kappa shape index (κ2) is 4.88. The number of aryl methyl sites for hydroxylation is 1. The first-order valence-corrected chi connectivity index (χ1v) is 6.71. The maximum absolute atomic E-state index is 11.8. The molecule has 1 aliphatic rings. The van der Waals surface area contributed by atoms with Crippen molar-refractivity contribution in [1.82, 2.24) is 0 Å². The monoisotopic (exact) mass is 251 g/mol. The van der Waals surface area contributed by atoms with Crippen LogP contribution in [0.1, 0.15) is 18.4 Å². The molecule has 2 nitrogen and oxygen atoms in total. The molecule has 1 N–H and O–H groups in total. The molecule has 0 aliphatic heterocycles. The van der Waals surface area contributed by atoms with E-state index < -0.39 is 0 Å². The molecule has 0 unspecified atom stereocenters. The summed E-state index contributed by atoms with van der Waals surface area (Å²) in [5.41, 5.74) is 4.49. The van der Waals surface area contributed by atoms with Crippen LogP contribution < -0.4 is 5.32 Å². The van der Waals surface area contributed by atoms with E-state index in [0.29, 0.717) is 0 Å². The summed E-state index contributed by atoms with van der Waals surface area (Å²) in [6.45, 7) is 2.10. The lowest BCUT2D eigenvalue weighted by molar-refractivity contribution is -0.117. The third-order valence-electron chi connectivity index (χ3n) is 3.53. The topological polar surface area (TPSA) is 29.1 Å². The maximum Gasteiger partial charge on any atom is 0.227 e. The van der Waals surface area contributed by atoms with Gasteiger partial charge in [-0.2, -0.15) is 0 Å². The lowest BCUT2D eigenvalue weighted by Crippen LogP contribution is -2.13. The fourth-order valence-electron chi connectivity index (χ4n) is 2.25. The summed E-state index contributed by atoms with van der Waals surface area (Å²) < 4.78 is 0. The van der Waals surface area contributed by atoms with Crippen LogP contribution in [0.25, 0.3) is 11.1 Å². The lowest BCUT2D eigenvalue weighted by Gasteiger charge is -2.09. The Morgan fingerprint density at radius 3 is 2.63 bits per heavy atom. The summed E-state index contributed by atoms with van der Waals surface area (Å²) >= 11 is 0. The van der Waals surface area contributed by atoms with Crippen LogP contribution in [0, 0.1) is 12.8 Å². The molecule has 96 valence electrons. The number of anilines is 1. The van der Waals surface area contributed by atoms with Crippen molar-refractivity contribution in [2.45, 2.75) is 19.8 Å². The highest BCUT2D eigenvalue weighted by Gasteiger charge is 2.29. The summed E-state index contributed by atoms with van der Waals surface area (Å²) in [6.07, 6.45) is 2.06. The zero-order valence-electron chi connectivity index (χ0n) is 11.0. The first kappa shape index (κ1) is 12.0. The van der Waals surface area contributed by atoms with Gasteiger partial charge in [-0.15, -0.1) is 0 Å². The molecule has 1 aliphatic carbocycles. The number of rotatable bonds is 3. The molecule has 0 radical (unpaired) electrons. The van der Waals surface area contributed by atoms with Crippen LogP contribution in [0.2, 0.25) is 0 Å². The Balaban J connectivity index is 1.87. The molecule has 2 aromatic rings. The van der Waals surface area contributed by atoms with Gasteiger partial charge in [-0.3, -0.25) is 4.79 Å². The van der Waals surface area contributed by atoms with Crippen LogP contribution in [0.15, 0.2) is 48.5 Å². The average Bonchev–Trinajstić information content (AvgIpc) is 3.24. The Kier molecular flexibility index (Phi) is 3.08. The van der Waals surface area contributed by atoms with Crippen molar-refractivity contribution in [3.63, 3.8) is 0 Å².